The highest BCUT2D eigenvalue weighted by molar-refractivity contribution is 14.1. The first-order valence-corrected chi connectivity index (χ1v) is 12.5. The van der Waals surface area contributed by atoms with Crippen LogP contribution in [-0.2, 0) is 10.8 Å². The Bertz CT molecular complexity index is 1310. The molecule has 2 heteroatoms. The third-order valence-electron chi connectivity index (χ3n) is 6.97. The maximum absolute atomic E-state index is 2.39. The molecule has 0 spiro atoms. The van der Waals surface area contributed by atoms with E-state index in [9.17, 15) is 0 Å². The first kappa shape index (κ1) is 22.2. The summed E-state index contributed by atoms with van der Waals surface area (Å²) in [6.07, 6.45) is 0. The molecule has 0 aromatic heterocycles. The number of anilines is 2. The Morgan fingerprint density at radius 1 is 0.636 bits per heavy atom. The first-order valence-electron chi connectivity index (χ1n) is 11.6. The minimum absolute atomic E-state index is 0.0279. The van der Waals surface area contributed by atoms with Gasteiger partial charge in [-0.3, -0.25) is 3.11 Å². The molecule has 1 nitrogen and oxygen atoms in total. The lowest BCUT2D eigenvalue weighted by Gasteiger charge is -2.22. The van der Waals surface area contributed by atoms with E-state index < -0.39 is 0 Å². The molecule has 4 aromatic rings. The van der Waals surface area contributed by atoms with Gasteiger partial charge in [-0.05, 0) is 74.7 Å². The molecular formula is C31H30IN. The maximum Gasteiger partial charge on any atom is 0.0646 e. The summed E-state index contributed by atoms with van der Waals surface area (Å²) in [5.41, 5.74) is 12.0. The van der Waals surface area contributed by atoms with E-state index in [4.69, 9.17) is 0 Å². The summed E-state index contributed by atoms with van der Waals surface area (Å²) < 4.78 is 2.22. The van der Waals surface area contributed by atoms with Gasteiger partial charge in [-0.1, -0.05) is 95.3 Å². The minimum Gasteiger partial charge on any atom is -0.283 e. The van der Waals surface area contributed by atoms with Gasteiger partial charge in [0.05, 0.1) is 34.2 Å². The Kier molecular flexibility index (Phi) is 5.40. The van der Waals surface area contributed by atoms with E-state index in [1.54, 1.807) is 0 Å². The molecule has 5 rings (SSSR count). The zero-order valence-electron chi connectivity index (χ0n) is 20.0. The molecule has 0 unspecified atom stereocenters. The van der Waals surface area contributed by atoms with Crippen LogP contribution in [0, 0.1) is 0 Å². The van der Waals surface area contributed by atoms with Crippen molar-refractivity contribution in [3.63, 3.8) is 0 Å². The standard InChI is InChI=1S/C31H30IN/c1-30(2,3)23-13-17-25(18-14-23)33(32)24-15-10-21(11-16-24)22-12-19-27-26-8-6-7-9-28(26)31(4,5)29(27)20-22/h6-20H,1-5H3. The van der Waals surface area contributed by atoms with Crippen LogP contribution in [0.1, 0.15) is 51.3 Å². The average Bonchev–Trinajstić information content (AvgIpc) is 3.05. The number of rotatable bonds is 3. The van der Waals surface area contributed by atoms with Crippen LogP contribution in [0.4, 0.5) is 11.4 Å². The molecule has 4 aromatic carbocycles. The van der Waals surface area contributed by atoms with Crippen molar-refractivity contribution in [2.24, 2.45) is 0 Å². The molecule has 166 valence electrons. The van der Waals surface area contributed by atoms with Crippen molar-refractivity contribution in [3.05, 3.63) is 108 Å². The topological polar surface area (TPSA) is 3.24 Å². The van der Waals surface area contributed by atoms with Gasteiger partial charge in [0.25, 0.3) is 0 Å². The number of fused-ring (bicyclic) bond motifs is 3. The maximum atomic E-state index is 2.39. The Morgan fingerprint density at radius 2 is 1.18 bits per heavy atom. The molecule has 1 aliphatic carbocycles. The van der Waals surface area contributed by atoms with Gasteiger partial charge in [0.2, 0.25) is 0 Å². The zero-order chi connectivity index (χ0) is 23.4. The monoisotopic (exact) mass is 543 g/mol. The molecule has 0 aliphatic heterocycles. The van der Waals surface area contributed by atoms with Gasteiger partial charge in [0, 0.05) is 5.41 Å². The molecule has 0 saturated carbocycles. The molecule has 0 saturated heterocycles. The lowest BCUT2D eigenvalue weighted by atomic mass is 9.81. The van der Waals surface area contributed by atoms with Crippen LogP contribution in [0.3, 0.4) is 0 Å². The van der Waals surface area contributed by atoms with Crippen molar-refractivity contribution in [2.45, 2.75) is 45.4 Å². The third-order valence-corrected chi connectivity index (χ3v) is 8.08. The van der Waals surface area contributed by atoms with E-state index in [1.807, 2.05) is 0 Å². The molecule has 1 aliphatic rings. The van der Waals surface area contributed by atoms with Crippen LogP contribution in [0.5, 0.6) is 0 Å². The fourth-order valence-corrected chi connectivity index (χ4v) is 5.55. The third kappa shape index (κ3) is 3.89. The van der Waals surface area contributed by atoms with Crippen molar-refractivity contribution < 1.29 is 0 Å². The van der Waals surface area contributed by atoms with E-state index >= 15 is 0 Å². The van der Waals surface area contributed by atoms with Crippen LogP contribution < -0.4 is 3.11 Å². The van der Waals surface area contributed by atoms with Crippen LogP contribution in [0.15, 0.2) is 91.0 Å². The fraction of sp³-hybridized carbons (Fsp3) is 0.226. The van der Waals surface area contributed by atoms with Gasteiger partial charge in [-0.25, -0.2) is 0 Å². The van der Waals surface area contributed by atoms with Gasteiger partial charge < -0.3 is 0 Å². The van der Waals surface area contributed by atoms with Gasteiger partial charge in [-0.15, -0.1) is 0 Å². The van der Waals surface area contributed by atoms with Crippen molar-refractivity contribution in [2.75, 3.05) is 3.11 Å². The summed E-state index contributed by atoms with van der Waals surface area (Å²) in [5, 5.41) is 0. The molecule has 0 heterocycles. The van der Waals surface area contributed by atoms with E-state index in [2.05, 4.69) is 152 Å². The predicted molar refractivity (Wildman–Crippen MR) is 151 cm³/mol. The van der Waals surface area contributed by atoms with Crippen molar-refractivity contribution in [1.29, 1.82) is 0 Å². The molecule has 0 N–H and O–H groups in total. The zero-order valence-corrected chi connectivity index (χ0v) is 22.1. The molecule has 0 amide bonds. The number of hydrogen-bond donors (Lipinski definition) is 0. The quantitative estimate of drug-likeness (QED) is 0.184. The second-order valence-corrected chi connectivity index (χ2v) is 11.5. The summed E-state index contributed by atoms with van der Waals surface area (Å²) >= 11 is 2.39. The molecule has 0 bridgehead atoms. The highest BCUT2D eigenvalue weighted by atomic mass is 127. The highest BCUT2D eigenvalue weighted by Gasteiger charge is 2.35. The molecular weight excluding hydrogens is 513 g/mol. The van der Waals surface area contributed by atoms with Gasteiger partial charge in [0.1, 0.15) is 0 Å². The predicted octanol–water partition coefficient (Wildman–Crippen LogP) is 9.45. The number of nitrogens with zero attached hydrogens (tertiary/aromatic N) is 1. The Morgan fingerprint density at radius 3 is 1.82 bits per heavy atom. The second-order valence-electron chi connectivity index (χ2n) is 10.6. The molecule has 0 fully saturated rings. The number of benzene rings is 4. The van der Waals surface area contributed by atoms with E-state index in [-0.39, 0.29) is 10.8 Å². The normalized spacial score (nSPS) is 14.0. The van der Waals surface area contributed by atoms with Crippen LogP contribution in [0.25, 0.3) is 22.3 Å². The van der Waals surface area contributed by atoms with E-state index in [1.165, 1.54) is 50.3 Å². The van der Waals surface area contributed by atoms with E-state index in [0.29, 0.717) is 0 Å². The molecule has 0 radical (unpaired) electrons. The summed E-state index contributed by atoms with van der Waals surface area (Å²) in [6.45, 7) is 11.4. The second kappa shape index (κ2) is 8.02. The first-order chi connectivity index (χ1) is 15.7. The lowest BCUT2D eigenvalue weighted by Crippen LogP contribution is -2.14. The van der Waals surface area contributed by atoms with Crippen molar-refractivity contribution >= 4 is 34.2 Å². The fourth-order valence-electron chi connectivity index (χ4n) is 4.91. The SMILES string of the molecule is CC(C)(C)c1ccc(N(I)c2ccc(-c3ccc4c(c3)C(C)(C)c3ccccc3-4)cc2)cc1. The van der Waals surface area contributed by atoms with Crippen molar-refractivity contribution in [3.8, 4) is 22.3 Å². The Hall–Kier alpha value is -2.59. The minimum atomic E-state index is 0.0279. The number of hydrogen-bond acceptors (Lipinski definition) is 1. The van der Waals surface area contributed by atoms with Gasteiger partial charge in [-0.2, -0.15) is 0 Å². The largest absolute Gasteiger partial charge is 0.283 e. The highest BCUT2D eigenvalue weighted by Crippen LogP contribution is 2.49. The van der Waals surface area contributed by atoms with Crippen LogP contribution in [-0.4, -0.2) is 0 Å². The van der Waals surface area contributed by atoms with E-state index in [0.717, 1.165) is 0 Å². The molecule has 33 heavy (non-hydrogen) atoms. The van der Waals surface area contributed by atoms with Crippen molar-refractivity contribution in [1.82, 2.24) is 0 Å². The summed E-state index contributed by atoms with van der Waals surface area (Å²) in [6, 6.07) is 33.6. The number of halogens is 1. The lowest BCUT2D eigenvalue weighted by molar-refractivity contribution is 0.590. The molecule has 0 atom stereocenters. The Labute approximate surface area is 212 Å². The van der Waals surface area contributed by atoms with Gasteiger partial charge in [0.15, 0.2) is 0 Å². The summed E-state index contributed by atoms with van der Waals surface area (Å²) in [5.74, 6) is 0. The average molecular weight is 543 g/mol. The van der Waals surface area contributed by atoms with Crippen LogP contribution in [0.2, 0.25) is 0 Å². The van der Waals surface area contributed by atoms with Crippen LogP contribution >= 0.6 is 22.9 Å². The summed E-state index contributed by atoms with van der Waals surface area (Å²) in [7, 11) is 0. The Balaban J connectivity index is 1.42. The smallest absolute Gasteiger partial charge is 0.0646 e. The summed E-state index contributed by atoms with van der Waals surface area (Å²) in [4.78, 5) is 0. The van der Waals surface area contributed by atoms with Gasteiger partial charge >= 0.3 is 0 Å².